The Bertz CT molecular complexity index is 286. The maximum atomic E-state index is 11.3. The summed E-state index contributed by atoms with van der Waals surface area (Å²) < 4.78 is 9.57. The Morgan fingerprint density at radius 1 is 1.44 bits per heavy atom. The van der Waals surface area contributed by atoms with Gasteiger partial charge in [-0.15, -0.1) is 24.0 Å². The normalized spacial score (nSPS) is 17.9. The number of aliphatic imine (C=N–C) groups is 1. The van der Waals surface area contributed by atoms with Crippen molar-refractivity contribution in [3.05, 3.63) is 0 Å². The van der Waals surface area contributed by atoms with Crippen LogP contribution in [-0.4, -0.2) is 68.3 Å². The molecule has 1 aliphatic heterocycles. The first-order valence-electron chi connectivity index (χ1n) is 5.42. The number of esters is 1. The van der Waals surface area contributed by atoms with E-state index in [0.717, 1.165) is 24.6 Å². The minimum absolute atomic E-state index is 0. The maximum Gasteiger partial charge on any atom is 0.336 e. The molecule has 1 aliphatic rings. The summed E-state index contributed by atoms with van der Waals surface area (Å²) in [5, 5.41) is 0. The summed E-state index contributed by atoms with van der Waals surface area (Å²) in [6.07, 6.45) is -0.683. The van der Waals surface area contributed by atoms with Crippen molar-refractivity contribution in [3.63, 3.8) is 0 Å². The van der Waals surface area contributed by atoms with Gasteiger partial charge in [-0.1, -0.05) is 0 Å². The van der Waals surface area contributed by atoms with Gasteiger partial charge in [0.15, 0.2) is 12.1 Å². The Kier molecular flexibility index (Phi) is 9.56. The molecule has 0 bridgehead atoms. The van der Waals surface area contributed by atoms with E-state index in [-0.39, 0.29) is 30.5 Å². The van der Waals surface area contributed by atoms with Crippen molar-refractivity contribution in [1.82, 2.24) is 4.90 Å². The Balaban J connectivity index is 0.00000289. The summed E-state index contributed by atoms with van der Waals surface area (Å²) in [4.78, 5) is 17.4. The molecule has 18 heavy (non-hydrogen) atoms. The van der Waals surface area contributed by atoms with Crippen LogP contribution in [-0.2, 0) is 14.3 Å². The minimum Gasteiger partial charge on any atom is -0.467 e. The molecule has 1 fully saturated rings. The SMILES string of the molecule is COC(=O)C(CN=C(N)N1CCSCC1)OC.I. The predicted octanol–water partition coefficient (Wildman–Crippen LogP) is 0.156. The van der Waals surface area contributed by atoms with Gasteiger partial charge in [0, 0.05) is 31.7 Å². The van der Waals surface area contributed by atoms with Gasteiger partial charge in [-0.2, -0.15) is 11.8 Å². The van der Waals surface area contributed by atoms with Crippen LogP contribution >= 0.6 is 35.7 Å². The fourth-order valence-corrected chi connectivity index (χ4v) is 2.35. The number of thioether (sulfide) groups is 1. The van der Waals surface area contributed by atoms with E-state index in [9.17, 15) is 4.79 Å². The van der Waals surface area contributed by atoms with Crippen LogP contribution in [0, 0.1) is 0 Å². The summed E-state index contributed by atoms with van der Waals surface area (Å²) in [5.74, 6) is 2.15. The number of hydrogen-bond donors (Lipinski definition) is 1. The number of carbonyl (C=O) groups excluding carboxylic acids is 1. The molecule has 1 atom stereocenters. The molecule has 0 aromatic heterocycles. The number of nitrogens with zero attached hydrogens (tertiary/aromatic N) is 2. The smallest absolute Gasteiger partial charge is 0.336 e. The molecule has 0 amide bonds. The highest BCUT2D eigenvalue weighted by atomic mass is 127. The third-order valence-corrected chi connectivity index (χ3v) is 3.45. The first kappa shape index (κ1) is 17.8. The lowest BCUT2D eigenvalue weighted by Gasteiger charge is -2.27. The highest BCUT2D eigenvalue weighted by Crippen LogP contribution is 2.08. The predicted molar refractivity (Wildman–Crippen MR) is 83.6 cm³/mol. The Morgan fingerprint density at radius 3 is 2.56 bits per heavy atom. The zero-order chi connectivity index (χ0) is 12.7. The van der Waals surface area contributed by atoms with Gasteiger partial charge in [0.1, 0.15) is 0 Å². The van der Waals surface area contributed by atoms with Crippen molar-refractivity contribution in [3.8, 4) is 0 Å². The molecule has 0 spiro atoms. The van der Waals surface area contributed by atoms with Crippen molar-refractivity contribution in [1.29, 1.82) is 0 Å². The third kappa shape index (κ3) is 5.61. The molecule has 1 rings (SSSR count). The molecule has 106 valence electrons. The number of guanidine groups is 1. The van der Waals surface area contributed by atoms with E-state index in [1.807, 2.05) is 16.7 Å². The van der Waals surface area contributed by atoms with E-state index in [0.29, 0.717) is 5.96 Å². The summed E-state index contributed by atoms with van der Waals surface area (Å²) in [6.45, 7) is 1.99. The fraction of sp³-hybridized carbons (Fsp3) is 0.800. The monoisotopic (exact) mass is 389 g/mol. The van der Waals surface area contributed by atoms with Gasteiger partial charge in [0.25, 0.3) is 0 Å². The maximum absolute atomic E-state index is 11.3. The van der Waals surface area contributed by atoms with E-state index in [4.69, 9.17) is 10.5 Å². The van der Waals surface area contributed by atoms with Gasteiger partial charge >= 0.3 is 5.97 Å². The van der Waals surface area contributed by atoms with Crippen LogP contribution in [0.5, 0.6) is 0 Å². The Hall–Kier alpha value is -0.220. The zero-order valence-electron chi connectivity index (χ0n) is 10.6. The second kappa shape index (κ2) is 9.68. The molecule has 1 unspecified atom stereocenters. The largest absolute Gasteiger partial charge is 0.467 e. The van der Waals surface area contributed by atoms with Crippen LogP contribution in [0.25, 0.3) is 0 Å². The summed E-state index contributed by atoms with van der Waals surface area (Å²) in [6, 6.07) is 0. The molecule has 2 N–H and O–H groups in total. The average Bonchev–Trinajstić information content (AvgIpc) is 2.39. The van der Waals surface area contributed by atoms with Gasteiger partial charge < -0.3 is 20.1 Å². The summed E-state index contributed by atoms with van der Waals surface area (Å²) in [7, 11) is 2.77. The molecule has 0 aliphatic carbocycles. The van der Waals surface area contributed by atoms with Crippen molar-refractivity contribution in [2.75, 3.05) is 45.4 Å². The van der Waals surface area contributed by atoms with E-state index < -0.39 is 12.1 Å². The van der Waals surface area contributed by atoms with E-state index in [1.54, 1.807) is 0 Å². The minimum atomic E-state index is -0.683. The molecule has 1 heterocycles. The van der Waals surface area contributed by atoms with Crippen LogP contribution in [0.4, 0.5) is 0 Å². The van der Waals surface area contributed by atoms with Crippen LogP contribution in [0.15, 0.2) is 4.99 Å². The highest BCUT2D eigenvalue weighted by Gasteiger charge is 2.19. The molecule has 0 radical (unpaired) electrons. The van der Waals surface area contributed by atoms with Gasteiger partial charge in [-0.25, -0.2) is 9.79 Å². The van der Waals surface area contributed by atoms with Gasteiger partial charge in [0.2, 0.25) is 0 Å². The lowest BCUT2D eigenvalue weighted by Crippen LogP contribution is -2.43. The first-order chi connectivity index (χ1) is 8.19. The number of hydrogen-bond acceptors (Lipinski definition) is 5. The quantitative estimate of drug-likeness (QED) is 0.320. The second-order valence-electron chi connectivity index (χ2n) is 3.55. The molecule has 0 saturated carbocycles. The second-order valence-corrected chi connectivity index (χ2v) is 4.77. The number of nitrogens with two attached hydrogens (primary N) is 1. The summed E-state index contributed by atoms with van der Waals surface area (Å²) >= 11 is 1.90. The van der Waals surface area contributed by atoms with Gasteiger partial charge in [-0.3, -0.25) is 0 Å². The van der Waals surface area contributed by atoms with Gasteiger partial charge in [0.05, 0.1) is 13.7 Å². The molecule has 8 heteroatoms. The Morgan fingerprint density at radius 2 is 2.06 bits per heavy atom. The molecular weight excluding hydrogens is 369 g/mol. The van der Waals surface area contributed by atoms with Crippen LogP contribution in [0.2, 0.25) is 0 Å². The topological polar surface area (TPSA) is 77.1 Å². The van der Waals surface area contributed by atoms with Crippen LogP contribution in [0.1, 0.15) is 0 Å². The number of rotatable bonds is 4. The summed E-state index contributed by atoms with van der Waals surface area (Å²) in [5.41, 5.74) is 5.85. The van der Waals surface area contributed by atoms with Gasteiger partial charge in [-0.05, 0) is 0 Å². The highest BCUT2D eigenvalue weighted by molar-refractivity contribution is 14.0. The number of carbonyl (C=O) groups is 1. The molecule has 0 aromatic rings. The van der Waals surface area contributed by atoms with E-state index >= 15 is 0 Å². The third-order valence-electron chi connectivity index (χ3n) is 2.50. The first-order valence-corrected chi connectivity index (χ1v) is 6.57. The molecular formula is C10H20IN3O3S. The number of ether oxygens (including phenoxy) is 2. The van der Waals surface area contributed by atoms with Crippen LogP contribution < -0.4 is 5.73 Å². The van der Waals surface area contributed by atoms with Crippen molar-refractivity contribution in [2.24, 2.45) is 10.7 Å². The van der Waals surface area contributed by atoms with Crippen molar-refractivity contribution < 1.29 is 14.3 Å². The van der Waals surface area contributed by atoms with E-state index in [1.165, 1.54) is 14.2 Å². The fourth-order valence-electron chi connectivity index (χ4n) is 1.45. The standard InChI is InChI=1S/C10H19N3O3S.HI/c1-15-8(9(14)16-2)7-12-10(11)13-3-5-17-6-4-13;/h8H,3-7H2,1-2H3,(H2,11,12);1H. The number of methoxy groups -OCH3 is 2. The van der Waals surface area contributed by atoms with E-state index in [2.05, 4.69) is 9.73 Å². The zero-order valence-corrected chi connectivity index (χ0v) is 13.8. The molecule has 0 aromatic carbocycles. The molecule has 6 nitrogen and oxygen atoms in total. The van der Waals surface area contributed by atoms with Crippen molar-refractivity contribution in [2.45, 2.75) is 6.10 Å². The Labute approximate surface area is 129 Å². The lowest BCUT2D eigenvalue weighted by atomic mass is 10.3. The van der Waals surface area contributed by atoms with Crippen LogP contribution in [0.3, 0.4) is 0 Å². The lowest BCUT2D eigenvalue weighted by molar-refractivity contribution is -0.151. The average molecular weight is 389 g/mol. The van der Waals surface area contributed by atoms with Crippen molar-refractivity contribution >= 4 is 47.7 Å². The number of halogens is 1. The molecule has 1 saturated heterocycles.